The van der Waals surface area contributed by atoms with Crippen molar-refractivity contribution in [3.63, 3.8) is 0 Å². The largest absolute Gasteiger partial charge is 0.445 e. The Morgan fingerprint density at radius 1 is 1.23 bits per heavy atom. The number of rotatable bonds is 9. The Hall–Kier alpha value is -3.12. The number of hydrogen-bond donors (Lipinski definition) is 4. The molecule has 26 heavy (non-hydrogen) atoms. The summed E-state index contributed by atoms with van der Waals surface area (Å²) in [7, 11) is 0. The van der Waals surface area contributed by atoms with Crippen LogP contribution < -0.4 is 16.4 Å². The van der Waals surface area contributed by atoms with Crippen LogP contribution in [0.15, 0.2) is 30.3 Å². The molecule has 5 N–H and O–H groups in total. The van der Waals surface area contributed by atoms with Crippen molar-refractivity contribution >= 4 is 17.9 Å². The third kappa shape index (κ3) is 7.19. The van der Waals surface area contributed by atoms with Crippen LogP contribution in [-0.4, -0.2) is 41.7 Å². The van der Waals surface area contributed by atoms with Gasteiger partial charge in [0.2, 0.25) is 11.8 Å². The van der Waals surface area contributed by atoms with Crippen LogP contribution in [0, 0.1) is 17.2 Å². The fraction of sp³-hybridized carbons (Fsp3) is 0.412. The van der Waals surface area contributed by atoms with Crippen molar-refractivity contribution in [2.24, 2.45) is 11.7 Å². The quantitative estimate of drug-likeness (QED) is 0.476. The molecule has 9 heteroatoms. The predicted octanol–water partition coefficient (Wildman–Crippen LogP) is -0.206. The summed E-state index contributed by atoms with van der Waals surface area (Å²) in [5.74, 6) is -2.13. The van der Waals surface area contributed by atoms with E-state index in [2.05, 4.69) is 10.6 Å². The molecular weight excluding hydrogens is 340 g/mol. The summed E-state index contributed by atoms with van der Waals surface area (Å²) < 4.78 is 4.97. The van der Waals surface area contributed by atoms with E-state index in [1.165, 1.54) is 0 Å². The number of nitriles is 1. The first-order valence-electron chi connectivity index (χ1n) is 7.94. The Bertz CT molecular complexity index is 659. The number of amides is 3. The van der Waals surface area contributed by atoms with Crippen LogP contribution in [0.4, 0.5) is 4.79 Å². The van der Waals surface area contributed by atoms with Gasteiger partial charge in [0.25, 0.3) is 0 Å². The molecule has 0 saturated carbocycles. The lowest BCUT2D eigenvalue weighted by Gasteiger charge is -2.21. The van der Waals surface area contributed by atoms with Crippen LogP contribution in [0.5, 0.6) is 0 Å². The van der Waals surface area contributed by atoms with Gasteiger partial charge < -0.3 is 26.2 Å². The molecule has 0 bridgehead atoms. The molecule has 0 aliphatic rings. The van der Waals surface area contributed by atoms with Crippen molar-refractivity contribution in [3.8, 4) is 6.07 Å². The van der Waals surface area contributed by atoms with Crippen molar-refractivity contribution in [2.75, 3.05) is 6.61 Å². The number of ether oxygens (including phenoxy) is 1. The number of aliphatic hydroxyl groups is 1. The van der Waals surface area contributed by atoms with Gasteiger partial charge in [-0.3, -0.25) is 9.59 Å². The van der Waals surface area contributed by atoms with E-state index >= 15 is 0 Å². The van der Waals surface area contributed by atoms with E-state index in [9.17, 15) is 19.5 Å². The summed E-state index contributed by atoms with van der Waals surface area (Å²) in [4.78, 5) is 35.3. The molecule has 9 nitrogen and oxygen atoms in total. The molecule has 0 unspecified atom stereocenters. The molecule has 0 saturated heterocycles. The Morgan fingerprint density at radius 2 is 1.88 bits per heavy atom. The molecule has 3 amide bonds. The molecule has 0 radical (unpaired) electrons. The summed E-state index contributed by atoms with van der Waals surface area (Å²) in [5, 5.41) is 22.6. The fourth-order valence-corrected chi connectivity index (χ4v) is 2.03. The minimum absolute atomic E-state index is 0.00393. The summed E-state index contributed by atoms with van der Waals surface area (Å²) in [6, 6.07) is 8.43. The number of benzene rings is 1. The van der Waals surface area contributed by atoms with Crippen LogP contribution in [0.2, 0.25) is 0 Å². The van der Waals surface area contributed by atoms with Gasteiger partial charge in [-0.2, -0.15) is 5.26 Å². The molecule has 0 fully saturated rings. The molecule has 1 aromatic rings. The van der Waals surface area contributed by atoms with Gasteiger partial charge in [-0.25, -0.2) is 4.79 Å². The molecule has 1 rings (SSSR count). The van der Waals surface area contributed by atoms with Crippen molar-refractivity contribution in [3.05, 3.63) is 35.9 Å². The maximum absolute atomic E-state index is 12.1. The van der Waals surface area contributed by atoms with Crippen molar-refractivity contribution in [1.82, 2.24) is 10.6 Å². The normalized spacial score (nSPS) is 13.6. The second-order valence-corrected chi connectivity index (χ2v) is 5.67. The molecule has 0 aliphatic heterocycles. The van der Waals surface area contributed by atoms with Gasteiger partial charge in [0.05, 0.1) is 12.7 Å². The van der Waals surface area contributed by atoms with Gasteiger partial charge in [-0.05, 0) is 18.9 Å². The Kier molecular flexibility index (Phi) is 8.60. The molecular formula is C17H22N4O5. The average Bonchev–Trinajstić information content (AvgIpc) is 2.64. The highest BCUT2D eigenvalue weighted by Gasteiger charge is 2.26. The van der Waals surface area contributed by atoms with Gasteiger partial charge in [0, 0.05) is 5.92 Å². The van der Waals surface area contributed by atoms with E-state index in [1.807, 2.05) is 12.1 Å². The minimum atomic E-state index is -1.32. The van der Waals surface area contributed by atoms with Crippen molar-refractivity contribution in [1.29, 1.82) is 5.26 Å². The zero-order chi connectivity index (χ0) is 19.5. The highest BCUT2D eigenvalue weighted by molar-refractivity contribution is 5.90. The van der Waals surface area contributed by atoms with E-state index in [0.29, 0.717) is 0 Å². The number of nitrogens with one attached hydrogen (secondary N) is 2. The van der Waals surface area contributed by atoms with Crippen molar-refractivity contribution in [2.45, 2.75) is 32.0 Å². The van der Waals surface area contributed by atoms with E-state index in [-0.39, 0.29) is 13.0 Å². The second kappa shape index (κ2) is 10.7. The minimum Gasteiger partial charge on any atom is -0.445 e. The highest BCUT2D eigenvalue weighted by Crippen LogP contribution is 2.05. The first kappa shape index (κ1) is 20.9. The highest BCUT2D eigenvalue weighted by atomic mass is 16.5. The predicted molar refractivity (Wildman–Crippen MR) is 91.2 cm³/mol. The van der Waals surface area contributed by atoms with E-state index in [4.69, 9.17) is 15.7 Å². The van der Waals surface area contributed by atoms with Gasteiger partial charge in [-0.15, -0.1) is 0 Å². The van der Waals surface area contributed by atoms with Crippen LogP contribution in [-0.2, 0) is 20.9 Å². The van der Waals surface area contributed by atoms with Crippen molar-refractivity contribution < 1.29 is 24.2 Å². The molecule has 1 aromatic carbocycles. The lowest BCUT2D eigenvalue weighted by molar-refractivity contribution is -0.129. The summed E-state index contributed by atoms with van der Waals surface area (Å²) in [6.45, 7) is 0.867. The number of primary amides is 1. The second-order valence-electron chi connectivity index (χ2n) is 5.67. The molecule has 140 valence electrons. The van der Waals surface area contributed by atoms with Crippen LogP contribution in [0.3, 0.4) is 0 Å². The summed E-state index contributed by atoms with van der Waals surface area (Å²) >= 11 is 0. The monoisotopic (exact) mass is 362 g/mol. The molecule has 0 spiro atoms. The Morgan fingerprint density at radius 3 is 2.42 bits per heavy atom. The number of alkyl carbamates (subject to hydrolysis) is 1. The van der Waals surface area contributed by atoms with E-state index in [0.717, 1.165) is 5.56 Å². The number of hydrogen-bond acceptors (Lipinski definition) is 6. The molecule has 3 atom stereocenters. The van der Waals surface area contributed by atoms with Gasteiger partial charge >= 0.3 is 6.09 Å². The molecule has 0 heterocycles. The van der Waals surface area contributed by atoms with Gasteiger partial charge in [0.15, 0.2) is 0 Å². The maximum atomic E-state index is 12.1. The van der Waals surface area contributed by atoms with Gasteiger partial charge in [-0.1, -0.05) is 30.3 Å². The molecule has 0 aromatic heterocycles. The Balaban J connectivity index is 2.57. The van der Waals surface area contributed by atoms with Crippen LogP contribution >= 0.6 is 0 Å². The average molecular weight is 362 g/mol. The standard InChI is InChI=1S/C17H22N4O5/c1-11(8-18)7-13(15(19)23)20-16(24)14(9-22)21-17(25)26-10-12-5-3-2-4-6-12/h2-6,11,13-14,22H,7,9-10H2,1H3,(H2,19,23)(H,20,24)(H,21,25)/t11-,13+,14+/m1/s1. The van der Waals surface area contributed by atoms with E-state index < -0.39 is 42.5 Å². The number of carbonyl (C=O) groups is 3. The maximum Gasteiger partial charge on any atom is 0.408 e. The van der Waals surface area contributed by atoms with E-state index in [1.54, 1.807) is 31.2 Å². The lowest BCUT2D eigenvalue weighted by Crippen LogP contribution is -2.54. The third-order valence-corrected chi connectivity index (χ3v) is 3.47. The fourth-order valence-electron chi connectivity index (χ4n) is 2.03. The number of nitrogens with zero attached hydrogens (tertiary/aromatic N) is 1. The third-order valence-electron chi connectivity index (χ3n) is 3.47. The molecule has 0 aliphatic carbocycles. The number of aliphatic hydroxyl groups excluding tert-OH is 1. The van der Waals surface area contributed by atoms with Crippen LogP contribution in [0.25, 0.3) is 0 Å². The zero-order valence-electron chi connectivity index (χ0n) is 14.3. The van der Waals surface area contributed by atoms with Gasteiger partial charge in [0.1, 0.15) is 18.7 Å². The number of nitrogens with two attached hydrogens (primary N) is 1. The summed E-state index contributed by atoms with van der Waals surface area (Å²) in [6.07, 6.45) is -0.877. The first-order valence-corrected chi connectivity index (χ1v) is 7.94. The topological polar surface area (TPSA) is 155 Å². The smallest absolute Gasteiger partial charge is 0.408 e. The Labute approximate surface area is 151 Å². The number of carbonyl (C=O) groups excluding carboxylic acids is 3. The lowest BCUT2D eigenvalue weighted by atomic mass is 10.0. The SMILES string of the molecule is C[C@@H](C#N)C[C@H](NC(=O)[C@H](CO)NC(=O)OCc1ccccc1)C(N)=O. The first-order chi connectivity index (χ1) is 12.4. The zero-order valence-corrected chi connectivity index (χ0v) is 14.3. The summed E-state index contributed by atoms with van der Waals surface area (Å²) in [5.41, 5.74) is 5.96. The van der Waals surface area contributed by atoms with Crippen LogP contribution in [0.1, 0.15) is 18.9 Å².